The fourth-order valence-corrected chi connectivity index (χ4v) is 2.96. The number of alkyl halides is 3. The van der Waals surface area contributed by atoms with Crippen LogP contribution in [0, 0.1) is 0 Å². The molecule has 0 saturated carbocycles. The molecule has 0 radical (unpaired) electrons. The molecule has 0 aliphatic rings. The van der Waals surface area contributed by atoms with Crippen molar-refractivity contribution in [3.63, 3.8) is 0 Å². The first-order chi connectivity index (χ1) is 13.2. The number of carbonyl (C=O) groups is 2. The molecule has 0 atom stereocenters. The number of anilines is 1. The van der Waals surface area contributed by atoms with Crippen LogP contribution in [0.1, 0.15) is 32.1 Å². The molecule has 1 N–H and O–H groups in total. The Morgan fingerprint density at radius 1 is 1.04 bits per heavy atom. The molecule has 28 heavy (non-hydrogen) atoms. The van der Waals surface area contributed by atoms with Crippen LogP contribution in [0.2, 0.25) is 5.02 Å². The molecule has 1 heterocycles. The fourth-order valence-electron chi connectivity index (χ4n) is 2.61. The number of aromatic nitrogens is 2. The predicted octanol–water partition coefficient (Wildman–Crippen LogP) is 4.58. The first-order valence-electron chi connectivity index (χ1n) is 7.99. The molecule has 3 aromatic rings. The average Bonchev–Trinajstić information content (AvgIpc) is 2.96. The molecule has 0 aliphatic heterocycles. The van der Waals surface area contributed by atoms with E-state index in [1.165, 1.54) is 19.2 Å². The zero-order valence-electron chi connectivity index (χ0n) is 14.4. The molecular weight excluding hydrogens is 395 g/mol. The molecule has 0 aliphatic carbocycles. The molecule has 0 fully saturated rings. The van der Waals surface area contributed by atoms with Crippen LogP contribution in [-0.2, 0) is 13.2 Å². The number of benzene rings is 2. The maximum atomic E-state index is 12.9. The summed E-state index contributed by atoms with van der Waals surface area (Å²) in [4.78, 5) is 24.9. The minimum atomic E-state index is -4.78. The number of halogens is 4. The van der Waals surface area contributed by atoms with Crippen molar-refractivity contribution >= 4 is 29.0 Å². The Hall–Kier alpha value is -3.13. The number of aryl methyl sites for hydroxylation is 1. The van der Waals surface area contributed by atoms with E-state index in [4.69, 9.17) is 11.6 Å². The van der Waals surface area contributed by atoms with Gasteiger partial charge in [-0.05, 0) is 12.1 Å². The third-order valence-electron chi connectivity index (χ3n) is 3.89. The van der Waals surface area contributed by atoms with E-state index >= 15 is 0 Å². The lowest BCUT2D eigenvalue weighted by Crippen LogP contribution is -2.17. The Bertz CT molecular complexity index is 1050. The van der Waals surface area contributed by atoms with Gasteiger partial charge in [0.1, 0.15) is 10.7 Å². The molecule has 3 rings (SSSR count). The number of rotatable bonds is 4. The van der Waals surface area contributed by atoms with Gasteiger partial charge in [0.2, 0.25) is 0 Å². The number of nitrogens with one attached hydrogen (secondary N) is 1. The highest BCUT2D eigenvalue weighted by Crippen LogP contribution is 2.35. The highest BCUT2D eigenvalue weighted by molar-refractivity contribution is 6.34. The summed E-state index contributed by atoms with van der Waals surface area (Å²) in [6.45, 7) is 0. The van der Waals surface area contributed by atoms with Crippen molar-refractivity contribution in [2.45, 2.75) is 6.18 Å². The highest BCUT2D eigenvalue weighted by atomic mass is 35.5. The van der Waals surface area contributed by atoms with Crippen molar-refractivity contribution in [2.75, 3.05) is 5.32 Å². The van der Waals surface area contributed by atoms with Gasteiger partial charge in [-0.15, -0.1) is 0 Å². The lowest BCUT2D eigenvalue weighted by Gasteiger charge is -2.08. The van der Waals surface area contributed by atoms with E-state index in [1.807, 2.05) is 0 Å². The molecule has 9 heteroatoms. The Morgan fingerprint density at radius 3 is 2.29 bits per heavy atom. The van der Waals surface area contributed by atoms with Crippen molar-refractivity contribution in [1.29, 1.82) is 0 Å². The maximum Gasteiger partial charge on any atom is 0.436 e. The molecule has 0 unspecified atom stereocenters. The summed E-state index contributed by atoms with van der Waals surface area (Å²) in [7, 11) is 1.19. The van der Waals surface area contributed by atoms with Crippen LogP contribution >= 0.6 is 11.6 Å². The van der Waals surface area contributed by atoms with E-state index in [2.05, 4.69) is 10.4 Å². The number of ketones is 1. The first-order valence-corrected chi connectivity index (χ1v) is 8.37. The van der Waals surface area contributed by atoms with Gasteiger partial charge in [0.15, 0.2) is 11.5 Å². The summed E-state index contributed by atoms with van der Waals surface area (Å²) in [6.07, 6.45) is -4.78. The third kappa shape index (κ3) is 3.91. The Kier molecular flexibility index (Phi) is 5.24. The second-order valence-corrected chi connectivity index (χ2v) is 6.24. The minimum Gasteiger partial charge on any atom is -0.321 e. The zero-order valence-corrected chi connectivity index (χ0v) is 15.2. The van der Waals surface area contributed by atoms with E-state index in [-0.39, 0.29) is 11.5 Å². The molecule has 0 bridgehead atoms. The van der Waals surface area contributed by atoms with Crippen LogP contribution in [-0.4, -0.2) is 21.5 Å². The fraction of sp³-hybridized carbons (Fsp3) is 0.105. The molecular formula is C19H13ClF3N3O2. The first kappa shape index (κ1) is 19.6. The lowest BCUT2D eigenvalue weighted by atomic mass is 10.0. The van der Waals surface area contributed by atoms with Gasteiger partial charge in [0.25, 0.3) is 5.91 Å². The molecule has 1 aromatic heterocycles. The van der Waals surface area contributed by atoms with E-state index in [1.54, 1.807) is 42.5 Å². The van der Waals surface area contributed by atoms with E-state index in [0.717, 1.165) is 4.68 Å². The number of nitrogens with zero attached hydrogens (tertiary/aromatic N) is 2. The van der Waals surface area contributed by atoms with E-state index < -0.39 is 28.5 Å². The molecule has 0 saturated heterocycles. The smallest absolute Gasteiger partial charge is 0.321 e. The third-order valence-corrected chi connectivity index (χ3v) is 4.25. The largest absolute Gasteiger partial charge is 0.436 e. The van der Waals surface area contributed by atoms with Gasteiger partial charge in [-0.1, -0.05) is 54.1 Å². The second kappa shape index (κ2) is 7.47. The van der Waals surface area contributed by atoms with Gasteiger partial charge in [0, 0.05) is 23.9 Å². The Labute approximate surface area is 162 Å². The molecule has 2 aromatic carbocycles. The quantitative estimate of drug-likeness (QED) is 0.644. The zero-order chi connectivity index (χ0) is 20.5. The summed E-state index contributed by atoms with van der Waals surface area (Å²) in [5.41, 5.74) is -0.757. The van der Waals surface area contributed by atoms with E-state index in [9.17, 15) is 22.8 Å². The van der Waals surface area contributed by atoms with Gasteiger partial charge in [-0.2, -0.15) is 18.3 Å². The van der Waals surface area contributed by atoms with Crippen molar-refractivity contribution in [3.8, 4) is 0 Å². The van der Waals surface area contributed by atoms with Gasteiger partial charge in [0.05, 0.1) is 0 Å². The van der Waals surface area contributed by atoms with Gasteiger partial charge < -0.3 is 5.32 Å². The predicted molar refractivity (Wildman–Crippen MR) is 97.5 cm³/mol. The monoisotopic (exact) mass is 407 g/mol. The van der Waals surface area contributed by atoms with Gasteiger partial charge in [-0.25, -0.2) is 0 Å². The summed E-state index contributed by atoms with van der Waals surface area (Å²) >= 11 is 5.72. The van der Waals surface area contributed by atoms with Crippen LogP contribution in [0.25, 0.3) is 0 Å². The van der Waals surface area contributed by atoms with Crippen LogP contribution in [0.15, 0.2) is 54.6 Å². The van der Waals surface area contributed by atoms with Crippen molar-refractivity contribution in [2.24, 2.45) is 7.05 Å². The summed E-state index contributed by atoms with van der Waals surface area (Å²) in [5, 5.41) is 4.93. The SMILES string of the molecule is Cn1nc(C(F)(F)F)c(Cl)c1C(=O)Nc1cccc(C(=O)c2ccccc2)c1. The number of amides is 1. The summed E-state index contributed by atoms with van der Waals surface area (Å²) < 4.78 is 39.5. The Morgan fingerprint density at radius 2 is 1.68 bits per heavy atom. The minimum absolute atomic E-state index is 0.234. The van der Waals surface area contributed by atoms with Crippen LogP contribution in [0.5, 0.6) is 0 Å². The number of carbonyl (C=O) groups excluding carboxylic acids is 2. The normalized spacial score (nSPS) is 11.3. The summed E-state index contributed by atoms with van der Waals surface area (Å²) in [6, 6.07) is 14.6. The van der Waals surface area contributed by atoms with Crippen LogP contribution < -0.4 is 5.32 Å². The highest BCUT2D eigenvalue weighted by Gasteiger charge is 2.39. The van der Waals surface area contributed by atoms with Crippen molar-refractivity contribution in [3.05, 3.63) is 82.1 Å². The van der Waals surface area contributed by atoms with Crippen LogP contribution in [0.3, 0.4) is 0 Å². The molecule has 5 nitrogen and oxygen atoms in total. The van der Waals surface area contributed by atoms with Crippen molar-refractivity contribution in [1.82, 2.24) is 9.78 Å². The number of hydrogen-bond acceptors (Lipinski definition) is 3. The maximum absolute atomic E-state index is 12.9. The molecule has 0 spiro atoms. The Balaban J connectivity index is 1.86. The molecule has 1 amide bonds. The standard InChI is InChI=1S/C19H13ClF3N3O2/c1-26-15(14(20)17(25-26)19(21,22)23)18(28)24-13-9-5-8-12(10-13)16(27)11-6-3-2-4-7-11/h2-10H,1H3,(H,24,28). The second-order valence-electron chi connectivity index (χ2n) is 5.86. The van der Waals surface area contributed by atoms with Crippen LogP contribution in [0.4, 0.5) is 18.9 Å². The molecule has 144 valence electrons. The van der Waals surface area contributed by atoms with Crippen molar-refractivity contribution < 1.29 is 22.8 Å². The average molecular weight is 408 g/mol. The van der Waals surface area contributed by atoms with Gasteiger partial charge in [-0.3, -0.25) is 14.3 Å². The number of hydrogen-bond donors (Lipinski definition) is 1. The van der Waals surface area contributed by atoms with E-state index in [0.29, 0.717) is 11.1 Å². The summed E-state index contributed by atoms with van der Waals surface area (Å²) in [5.74, 6) is -1.13. The lowest BCUT2D eigenvalue weighted by molar-refractivity contribution is -0.141. The van der Waals surface area contributed by atoms with Gasteiger partial charge >= 0.3 is 6.18 Å². The topological polar surface area (TPSA) is 64.0 Å².